The van der Waals surface area contributed by atoms with Gasteiger partial charge in [-0.05, 0) is 56.2 Å². The number of aromatic nitrogens is 1. The maximum Gasteiger partial charge on any atom is 0.129 e. The van der Waals surface area contributed by atoms with E-state index >= 15 is 0 Å². The Labute approximate surface area is 122 Å². The molecule has 0 spiro atoms. The third-order valence-electron chi connectivity index (χ3n) is 4.75. The highest BCUT2D eigenvalue weighted by Gasteiger charge is 2.38. The molecule has 2 atom stereocenters. The third-order valence-corrected chi connectivity index (χ3v) is 4.75. The van der Waals surface area contributed by atoms with Crippen molar-refractivity contribution in [1.29, 1.82) is 0 Å². The lowest BCUT2D eigenvalue weighted by atomic mass is 10.1. The lowest BCUT2D eigenvalue weighted by Gasteiger charge is -2.28. The summed E-state index contributed by atoms with van der Waals surface area (Å²) < 4.78 is 0. The van der Waals surface area contributed by atoms with Crippen molar-refractivity contribution >= 4 is 5.82 Å². The van der Waals surface area contributed by atoms with E-state index in [0.29, 0.717) is 5.92 Å². The number of piperidine rings is 1. The molecule has 1 saturated heterocycles. The number of pyridine rings is 1. The maximum atomic E-state index is 4.86. The van der Waals surface area contributed by atoms with Crippen molar-refractivity contribution in [2.45, 2.75) is 52.6 Å². The molecule has 1 N–H and O–H groups in total. The van der Waals surface area contributed by atoms with Crippen LogP contribution in [0.5, 0.6) is 0 Å². The van der Waals surface area contributed by atoms with Crippen LogP contribution in [0.1, 0.15) is 44.4 Å². The Kier molecular flexibility index (Phi) is 3.97. The topological polar surface area (TPSA) is 28.2 Å². The molecular weight excluding hydrogens is 246 g/mol. The van der Waals surface area contributed by atoms with Gasteiger partial charge in [0.05, 0.1) is 0 Å². The lowest BCUT2D eigenvalue weighted by Crippen LogP contribution is -2.32. The SMILES string of the molecule is Cc1nc(N2CC3CCC2C3)ccc1CNCC(C)C. The molecular formula is C17H27N3. The second-order valence-electron chi connectivity index (χ2n) is 6.92. The van der Waals surface area contributed by atoms with Gasteiger partial charge in [-0.15, -0.1) is 0 Å². The molecule has 0 aromatic carbocycles. The van der Waals surface area contributed by atoms with E-state index < -0.39 is 0 Å². The number of nitrogens with one attached hydrogen (secondary N) is 1. The second-order valence-corrected chi connectivity index (χ2v) is 6.92. The van der Waals surface area contributed by atoms with Gasteiger partial charge in [-0.3, -0.25) is 0 Å². The summed E-state index contributed by atoms with van der Waals surface area (Å²) in [6.07, 6.45) is 4.18. The maximum absolute atomic E-state index is 4.86. The zero-order chi connectivity index (χ0) is 14.1. The fourth-order valence-corrected chi connectivity index (χ4v) is 3.62. The molecule has 2 bridgehead atoms. The third kappa shape index (κ3) is 2.83. The highest BCUT2D eigenvalue weighted by molar-refractivity contribution is 5.45. The van der Waals surface area contributed by atoms with Crippen LogP contribution >= 0.6 is 0 Å². The summed E-state index contributed by atoms with van der Waals surface area (Å²) in [4.78, 5) is 7.39. The van der Waals surface area contributed by atoms with Crippen molar-refractivity contribution in [1.82, 2.24) is 10.3 Å². The number of hydrogen-bond acceptors (Lipinski definition) is 3. The first-order chi connectivity index (χ1) is 9.63. The second kappa shape index (κ2) is 5.72. The summed E-state index contributed by atoms with van der Waals surface area (Å²) in [7, 11) is 0. The van der Waals surface area contributed by atoms with E-state index in [2.05, 4.69) is 43.1 Å². The van der Waals surface area contributed by atoms with E-state index in [-0.39, 0.29) is 0 Å². The van der Waals surface area contributed by atoms with Crippen molar-refractivity contribution in [3.63, 3.8) is 0 Å². The van der Waals surface area contributed by atoms with Gasteiger partial charge in [0.2, 0.25) is 0 Å². The van der Waals surface area contributed by atoms with Gasteiger partial charge in [0.1, 0.15) is 5.82 Å². The Balaban J connectivity index is 1.65. The van der Waals surface area contributed by atoms with Crippen LogP contribution in [0.15, 0.2) is 12.1 Å². The molecule has 1 aliphatic heterocycles. The van der Waals surface area contributed by atoms with Gasteiger partial charge in [0.25, 0.3) is 0 Å². The Hall–Kier alpha value is -1.09. The molecule has 0 radical (unpaired) electrons. The number of hydrogen-bond donors (Lipinski definition) is 1. The first kappa shape index (κ1) is 13.9. The van der Waals surface area contributed by atoms with Crippen LogP contribution in [-0.2, 0) is 6.54 Å². The van der Waals surface area contributed by atoms with Gasteiger partial charge in [0, 0.05) is 24.8 Å². The molecule has 3 nitrogen and oxygen atoms in total. The van der Waals surface area contributed by atoms with Crippen molar-refractivity contribution in [2.75, 3.05) is 18.0 Å². The minimum absolute atomic E-state index is 0.697. The molecule has 1 aliphatic carbocycles. The smallest absolute Gasteiger partial charge is 0.129 e. The van der Waals surface area contributed by atoms with Gasteiger partial charge in [-0.25, -0.2) is 4.98 Å². The van der Waals surface area contributed by atoms with E-state index in [1.807, 2.05) is 0 Å². The fourth-order valence-electron chi connectivity index (χ4n) is 3.62. The average molecular weight is 273 g/mol. The molecule has 2 unspecified atom stereocenters. The number of anilines is 1. The summed E-state index contributed by atoms with van der Waals surface area (Å²) in [6, 6.07) is 5.24. The van der Waals surface area contributed by atoms with E-state index in [4.69, 9.17) is 4.98 Å². The van der Waals surface area contributed by atoms with Crippen molar-refractivity contribution in [2.24, 2.45) is 11.8 Å². The minimum Gasteiger partial charge on any atom is -0.353 e. The molecule has 1 aromatic rings. The largest absolute Gasteiger partial charge is 0.353 e. The first-order valence-electron chi connectivity index (χ1n) is 8.07. The molecule has 3 rings (SSSR count). The molecule has 3 heteroatoms. The Morgan fingerprint density at radius 3 is 2.80 bits per heavy atom. The fraction of sp³-hybridized carbons (Fsp3) is 0.706. The van der Waals surface area contributed by atoms with Crippen molar-refractivity contribution < 1.29 is 0 Å². The molecule has 110 valence electrons. The van der Waals surface area contributed by atoms with Crippen LogP contribution in [0.4, 0.5) is 5.82 Å². The zero-order valence-corrected chi connectivity index (χ0v) is 13.0. The van der Waals surface area contributed by atoms with Crippen LogP contribution in [0.3, 0.4) is 0 Å². The van der Waals surface area contributed by atoms with Crippen LogP contribution in [0, 0.1) is 18.8 Å². The van der Waals surface area contributed by atoms with E-state index in [9.17, 15) is 0 Å². The quantitative estimate of drug-likeness (QED) is 0.893. The Morgan fingerprint density at radius 2 is 2.20 bits per heavy atom. The molecule has 0 amide bonds. The molecule has 2 heterocycles. The highest BCUT2D eigenvalue weighted by atomic mass is 15.2. The summed E-state index contributed by atoms with van der Waals surface area (Å²) in [5.74, 6) is 2.82. The monoisotopic (exact) mass is 273 g/mol. The molecule has 2 fully saturated rings. The van der Waals surface area contributed by atoms with E-state index in [1.165, 1.54) is 42.9 Å². The van der Waals surface area contributed by atoms with Crippen LogP contribution in [0.2, 0.25) is 0 Å². The van der Waals surface area contributed by atoms with Crippen molar-refractivity contribution in [3.05, 3.63) is 23.4 Å². The van der Waals surface area contributed by atoms with Crippen LogP contribution in [-0.4, -0.2) is 24.1 Å². The molecule has 1 saturated carbocycles. The summed E-state index contributed by atoms with van der Waals surface area (Å²) in [6.45, 7) is 9.85. The standard InChI is InChI=1S/C17H27N3/c1-12(2)9-18-10-15-5-7-17(19-13(15)3)20-11-14-4-6-16(20)8-14/h5,7,12,14,16,18H,4,6,8-11H2,1-3H3. The first-order valence-corrected chi connectivity index (χ1v) is 8.07. The minimum atomic E-state index is 0.697. The van der Waals surface area contributed by atoms with Crippen LogP contribution in [0.25, 0.3) is 0 Å². The van der Waals surface area contributed by atoms with Gasteiger partial charge in [0.15, 0.2) is 0 Å². The van der Waals surface area contributed by atoms with Crippen molar-refractivity contribution in [3.8, 4) is 0 Å². The average Bonchev–Trinajstić information content (AvgIpc) is 3.02. The summed E-state index contributed by atoms with van der Waals surface area (Å²) in [5.41, 5.74) is 2.51. The number of aryl methyl sites for hydroxylation is 1. The Bertz CT molecular complexity index is 469. The predicted molar refractivity (Wildman–Crippen MR) is 84.0 cm³/mol. The predicted octanol–water partition coefficient (Wildman–Crippen LogP) is 3.12. The summed E-state index contributed by atoms with van der Waals surface area (Å²) >= 11 is 0. The summed E-state index contributed by atoms with van der Waals surface area (Å²) in [5, 5.41) is 3.50. The molecule has 2 aliphatic rings. The molecule has 20 heavy (non-hydrogen) atoms. The highest BCUT2D eigenvalue weighted by Crippen LogP contribution is 2.39. The van der Waals surface area contributed by atoms with Gasteiger partial charge in [-0.2, -0.15) is 0 Å². The van der Waals surface area contributed by atoms with Gasteiger partial charge < -0.3 is 10.2 Å². The molecule has 1 aromatic heterocycles. The number of fused-ring (bicyclic) bond motifs is 2. The zero-order valence-electron chi connectivity index (χ0n) is 13.0. The van der Waals surface area contributed by atoms with Crippen LogP contribution < -0.4 is 10.2 Å². The number of nitrogens with zero attached hydrogens (tertiary/aromatic N) is 2. The normalized spacial score (nSPS) is 24.9. The van der Waals surface area contributed by atoms with Gasteiger partial charge >= 0.3 is 0 Å². The van der Waals surface area contributed by atoms with E-state index in [1.54, 1.807) is 0 Å². The number of rotatable bonds is 5. The van der Waals surface area contributed by atoms with Gasteiger partial charge in [-0.1, -0.05) is 19.9 Å². The lowest BCUT2D eigenvalue weighted by molar-refractivity contribution is 0.546. The van der Waals surface area contributed by atoms with E-state index in [0.717, 1.165) is 25.0 Å². The Morgan fingerprint density at radius 1 is 1.35 bits per heavy atom.